The molecule has 2 aromatic rings. The van der Waals surface area contributed by atoms with E-state index in [0.717, 1.165) is 25.1 Å². The highest BCUT2D eigenvalue weighted by atomic mass is 16.2. The smallest absolute Gasteiger partial charge is 0.226 e. The van der Waals surface area contributed by atoms with E-state index in [9.17, 15) is 9.59 Å². The van der Waals surface area contributed by atoms with Crippen molar-refractivity contribution in [2.24, 2.45) is 0 Å². The van der Waals surface area contributed by atoms with Gasteiger partial charge in [-0.25, -0.2) is 0 Å². The van der Waals surface area contributed by atoms with Crippen LogP contribution < -0.4 is 5.32 Å². The molecule has 1 aliphatic heterocycles. The van der Waals surface area contributed by atoms with Crippen LogP contribution in [0.4, 0.5) is 5.69 Å². The number of aromatic nitrogens is 4. The van der Waals surface area contributed by atoms with Crippen LogP contribution in [0, 0.1) is 6.92 Å². The van der Waals surface area contributed by atoms with Crippen molar-refractivity contribution in [3.63, 3.8) is 0 Å². The fourth-order valence-corrected chi connectivity index (χ4v) is 2.74. The van der Waals surface area contributed by atoms with Crippen molar-refractivity contribution in [3.8, 4) is 5.69 Å². The number of nitrogens with zero attached hydrogens (tertiary/aromatic N) is 5. The van der Waals surface area contributed by atoms with Crippen LogP contribution in [0.3, 0.4) is 0 Å². The minimum atomic E-state index is -0.112. The molecule has 1 aromatic heterocycles. The number of piperidine rings is 1. The Morgan fingerprint density at radius 3 is 2.96 bits per heavy atom. The Kier molecular flexibility index (Phi) is 4.83. The average molecular weight is 328 g/mol. The van der Waals surface area contributed by atoms with Crippen LogP contribution >= 0.6 is 0 Å². The SMILES string of the molecule is Cc1nnnn1-c1cccc(NC(=O)CCN2CCCCC2=O)c1. The van der Waals surface area contributed by atoms with Crippen molar-refractivity contribution in [1.29, 1.82) is 0 Å². The minimum absolute atomic E-state index is 0.112. The number of carbonyl (C=O) groups is 2. The molecule has 3 rings (SSSR count). The predicted octanol–water partition coefficient (Wildman–Crippen LogP) is 1.31. The number of tetrazole rings is 1. The molecule has 0 bridgehead atoms. The van der Waals surface area contributed by atoms with Gasteiger partial charge >= 0.3 is 0 Å². The highest BCUT2D eigenvalue weighted by molar-refractivity contribution is 5.91. The minimum Gasteiger partial charge on any atom is -0.342 e. The first-order chi connectivity index (χ1) is 11.6. The molecule has 0 unspecified atom stereocenters. The molecule has 0 saturated carbocycles. The fourth-order valence-electron chi connectivity index (χ4n) is 2.74. The zero-order valence-electron chi connectivity index (χ0n) is 13.6. The molecule has 126 valence electrons. The van der Waals surface area contributed by atoms with Crippen LogP contribution in [0.25, 0.3) is 5.69 Å². The Labute approximate surface area is 139 Å². The van der Waals surface area contributed by atoms with Crippen LogP contribution in [0.5, 0.6) is 0 Å². The predicted molar refractivity (Wildman–Crippen MR) is 87.6 cm³/mol. The van der Waals surface area contributed by atoms with Gasteiger partial charge in [-0.05, 0) is 48.4 Å². The van der Waals surface area contributed by atoms with Crippen molar-refractivity contribution < 1.29 is 9.59 Å². The highest BCUT2D eigenvalue weighted by Crippen LogP contribution is 2.15. The molecule has 2 amide bonds. The Morgan fingerprint density at radius 2 is 2.21 bits per heavy atom. The molecule has 2 heterocycles. The quantitative estimate of drug-likeness (QED) is 0.893. The molecule has 8 nitrogen and oxygen atoms in total. The van der Waals surface area contributed by atoms with E-state index in [1.807, 2.05) is 24.3 Å². The molecule has 1 N–H and O–H groups in total. The summed E-state index contributed by atoms with van der Waals surface area (Å²) in [6.45, 7) is 3.03. The van der Waals surface area contributed by atoms with E-state index in [1.54, 1.807) is 16.5 Å². The van der Waals surface area contributed by atoms with Gasteiger partial charge < -0.3 is 10.2 Å². The van der Waals surface area contributed by atoms with E-state index < -0.39 is 0 Å². The van der Waals surface area contributed by atoms with Gasteiger partial charge in [0.05, 0.1) is 5.69 Å². The van der Waals surface area contributed by atoms with Gasteiger partial charge in [0.2, 0.25) is 11.8 Å². The molecule has 0 spiro atoms. The van der Waals surface area contributed by atoms with Crippen LogP contribution in [0.15, 0.2) is 24.3 Å². The molecular formula is C16H20N6O2. The van der Waals surface area contributed by atoms with E-state index in [0.29, 0.717) is 30.9 Å². The summed E-state index contributed by atoms with van der Waals surface area (Å²) in [7, 11) is 0. The van der Waals surface area contributed by atoms with Gasteiger partial charge in [-0.1, -0.05) is 6.07 Å². The van der Waals surface area contributed by atoms with Gasteiger partial charge in [0.1, 0.15) is 0 Å². The van der Waals surface area contributed by atoms with Gasteiger partial charge in [0.15, 0.2) is 5.82 Å². The monoisotopic (exact) mass is 328 g/mol. The van der Waals surface area contributed by atoms with Crippen LogP contribution in [0.2, 0.25) is 0 Å². The number of carbonyl (C=O) groups excluding carboxylic acids is 2. The Hall–Kier alpha value is -2.77. The zero-order chi connectivity index (χ0) is 16.9. The third kappa shape index (κ3) is 3.76. The van der Waals surface area contributed by atoms with Gasteiger partial charge in [0, 0.05) is 31.6 Å². The second-order valence-corrected chi connectivity index (χ2v) is 5.82. The molecule has 24 heavy (non-hydrogen) atoms. The standard InChI is InChI=1S/C16H20N6O2/c1-12-18-19-20-22(12)14-6-4-5-13(11-14)17-15(23)8-10-21-9-3-2-7-16(21)24/h4-6,11H,2-3,7-10H2,1H3,(H,17,23). The molecule has 1 saturated heterocycles. The number of rotatable bonds is 5. The van der Waals surface area contributed by atoms with Crippen molar-refractivity contribution in [3.05, 3.63) is 30.1 Å². The summed E-state index contributed by atoms with van der Waals surface area (Å²) in [6.07, 6.45) is 2.85. The molecule has 1 fully saturated rings. The molecule has 8 heteroatoms. The van der Waals surface area contributed by atoms with E-state index >= 15 is 0 Å². The molecule has 0 radical (unpaired) electrons. The van der Waals surface area contributed by atoms with Gasteiger partial charge in [-0.2, -0.15) is 4.68 Å². The maximum Gasteiger partial charge on any atom is 0.226 e. The fraction of sp³-hybridized carbons (Fsp3) is 0.438. The van der Waals surface area contributed by atoms with Crippen LogP contribution in [0.1, 0.15) is 31.5 Å². The lowest BCUT2D eigenvalue weighted by Gasteiger charge is -2.26. The van der Waals surface area contributed by atoms with Gasteiger partial charge in [-0.15, -0.1) is 5.10 Å². The van der Waals surface area contributed by atoms with Crippen molar-refractivity contribution in [2.75, 3.05) is 18.4 Å². The maximum atomic E-state index is 12.1. The van der Waals surface area contributed by atoms with Crippen molar-refractivity contribution in [2.45, 2.75) is 32.6 Å². The largest absolute Gasteiger partial charge is 0.342 e. The zero-order valence-corrected chi connectivity index (χ0v) is 13.6. The van der Waals surface area contributed by atoms with E-state index in [1.165, 1.54) is 0 Å². The summed E-state index contributed by atoms with van der Waals surface area (Å²) in [6, 6.07) is 7.33. The Bertz CT molecular complexity index is 742. The Morgan fingerprint density at radius 1 is 1.33 bits per heavy atom. The van der Waals surface area contributed by atoms with Crippen molar-refractivity contribution in [1.82, 2.24) is 25.1 Å². The third-order valence-electron chi connectivity index (χ3n) is 4.03. The number of likely N-dealkylation sites (tertiary alicyclic amines) is 1. The number of nitrogens with one attached hydrogen (secondary N) is 1. The summed E-state index contributed by atoms with van der Waals surface area (Å²) in [5.74, 6) is 0.700. The number of hydrogen-bond acceptors (Lipinski definition) is 5. The number of aryl methyl sites for hydroxylation is 1. The highest BCUT2D eigenvalue weighted by Gasteiger charge is 2.18. The second kappa shape index (κ2) is 7.20. The van der Waals surface area contributed by atoms with Crippen LogP contribution in [-0.4, -0.2) is 50.0 Å². The average Bonchev–Trinajstić information content (AvgIpc) is 3.00. The molecule has 0 atom stereocenters. The number of benzene rings is 1. The number of amides is 2. The molecule has 1 aromatic carbocycles. The summed E-state index contributed by atoms with van der Waals surface area (Å²) in [5, 5.41) is 14.2. The van der Waals surface area contributed by atoms with E-state index in [4.69, 9.17) is 0 Å². The normalized spacial score (nSPS) is 14.7. The lowest BCUT2D eigenvalue weighted by molar-refractivity contribution is -0.133. The lowest BCUT2D eigenvalue weighted by atomic mass is 10.1. The topological polar surface area (TPSA) is 93.0 Å². The first kappa shape index (κ1) is 16.1. The lowest BCUT2D eigenvalue weighted by Crippen LogP contribution is -2.37. The molecular weight excluding hydrogens is 308 g/mol. The summed E-state index contributed by atoms with van der Waals surface area (Å²) >= 11 is 0. The molecule has 0 aliphatic carbocycles. The van der Waals surface area contributed by atoms with Crippen LogP contribution in [-0.2, 0) is 9.59 Å². The number of anilines is 1. The Balaban J connectivity index is 1.58. The van der Waals surface area contributed by atoms with E-state index in [2.05, 4.69) is 20.8 Å². The molecule has 1 aliphatic rings. The second-order valence-electron chi connectivity index (χ2n) is 5.82. The summed E-state index contributed by atoms with van der Waals surface area (Å²) in [5.41, 5.74) is 1.46. The van der Waals surface area contributed by atoms with Crippen molar-refractivity contribution >= 4 is 17.5 Å². The van der Waals surface area contributed by atoms with Gasteiger partial charge in [-0.3, -0.25) is 9.59 Å². The maximum absolute atomic E-state index is 12.1. The third-order valence-corrected chi connectivity index (χ3v) is 4.03. The number of hydrogen-bond donors (Lipinski definition) is 1. The summed E-state index contributed by atoms with van der Waals surface area (Å²) in [4.78, 5) is 25.6. The van der Waals surface area contributed by atoms with Gasteiger partial charge in [0.25, 0.3) is 0 Å². The first-order valence-corrected chi connectivity index (χ1v) is 8.06. The summed E-state index contributed by atoms with van der Waals surface area (Å²) < 4.78 is 1.60. The van der Waals surface area contributed by atoms with E-state index in [-0.39, 0.29) is 11.8 Å². The first-order valence-electron chi connectivity index (χ1n) is 8.06.